The first-order valence-corrected chi connectivity index (χ1v) is 8.72. The summed E-state index contributed by atoms with van der Waals surface area (Å²) in [6.45, 7) is 1.77. The number of benzene rings is 2. The molecule has 26 heavy (non-hydrogen) atoms. The van der Waals surface area contributed by atoms with Crippen LogP contribution in [0.4, 0.5) is 10.5 Å². The van der Waals surface area contributed by atoms with Crippen LogP contribution in [-0.2, 0) is 4.74 Å². The van der Waals surface area contributed by atoms with Gasteiger partial charge in [-0.25, -0.2) is 4.79 Å². The van der Waals surface area contributed by atoms with Crippen molar-refractivity contribution in [3.05, 3.63) is 53.6 Å². The second-order valence-corrected chi connectivity index (χ2v) is 6.28. The SMILES string of the molecule is COc1ccccc1OCC1CN(C(=O)Nc2cccc(Cl)c2)CCO1. The van der Waals surface area contributed by atoms with Crippen molar-refractivity contribution in [1.82, 2.24) is 4.90 Å². The minimum absolute atomic E-state index is 0.183. The number of carbonyl (C=O) groups is 1. The lowest BCUT2D eigenvalue weighted by atomic mass is 10.3. The number of para-hydroxylation sites is 2. The van der Waals surface area contributed by atoms with E-state index in [4.69, 9.17) is 25.8 Å². The number of halogens is 1. The molecule has 1 N–H and O–H groups in total. The second-order valence-electron chi connectivity index (χ2n) is 5.84. The second kappa shape index (κ2) is 8.78. The zero-order chi connectivity index (χ0) is 18.4. The predicted molar refractivity (Wildman–Crippen MR) is 100 cm³/mol. The number of nitrogens with one attached hydrogen (secondary N) is 1. The highest BCUT2D eigenvalue weighted by Crippen LogP contribution is 2.26. The molecule has 1 aliphatic rings. The molecule has 0 aromatic heterocycles. The number of ether oxygens (including phenoxy) is 3. The highest BCUT2D eigenvalue weighted by Gasteiger charge is 2.25. The van der Waals surface area contributed by atoms with E-state index in [2.05, 4.69) is 5.32 Å². The van der Waals surface area contributed by atoms with Crippen molar-refractivity contribution in [2.75, 3.05) is 38.7 Å². The lowest BCUT2D eigenvalue weighted by Crippen LogP contribution is -2.49. The Bertz CT molecular complexity index is 756. The van der Waals surface area contributed by atoms with Gasteiger partial charge in [0, 0.05) is 17.3 Å². The number of rotatable bonds is 5. The third kappa shape index (κ3) is 4.80. The number of morpholine rings is 1. The molecule has 1 atom stereocenters. The summed E-state index contributed by atoms with van der Waals surface area (Å²) in [5, 5.41) is 3.43. The predicted octanol–water partition coefficient (Wildman–Crippen LogP) is 3.66. The van der Waals surface area contributed by atoms with Gasteiger partial charge in [-0.15, -0.1) is 0 Å². The van der Waals surface area contributed by atoms with Crippen LogP contribution in [0.15, 0.2) is 48.5 Å². The first-order valence-electron chi connectivity index (χ1n) is 8.34. The highest BCUT2D eigenvalue weighted by atomic mass is 35.5. The summed E-state index contributed by atoms with van der Waals surface area (Å²) in [5.74, 6) is 1.32. The standard InChI is InChI=1S/C19H21ClN2O4/c1-24-17-7-2-3-8-18(17)26-13-16-12-22(9-10-25-16)19(23)21-15-6-4-5-14(20)11-15/h2-8,11,16H,9-10,12-13H2,1H3,(H,21,23). The quantitative estimate of drug-likeness (QED) is 0.865. The molecule has 2 amide bonds. The fourth-order valence-corrected chi connectivity index (χ4v) is 2.88. The maximum Gasteiger partial charge on any atom is 0.322 e. The van der Waals surface area contributed by atoms with Gasteiger partial charge < -0.3 is 24.4 Å². The molecule has 0 radical (unpaired) electrons. The summed E-state index contributed by atoms with van der Waals surface area (Å²) in [6, 6.07) is 14.3. The molecule has 0 aliphatic carbocycles. The number of carbonyl (C=O) groups excluding carboxylic acids is 1. The van der Waals surface area contributed by atoms with Crippen LogP contribution in [0, 0.1) is 0 Å². The fraction of sp³-hybridized carbons (Fsp3) is 0.316. The van der Waals surface area contributed by atoms with Gasteiger partial charge in [0.15, 0.2) is 11.5 Å². The van der Waals surface area contributed by atoms with Crippen molar-refractivity contribution in [3.8, 4) is 11.5 Å². The zero-order valence-electron chi connectivity index (χ0n) is 14.5. The molecule has 1 unspecified atom stereocenters. The van der Waals surface area contributed by atoms with Crippen LogP contribution >= 0.6 is 11.6 Å². The van der Waals surface area contributed by atoms with Crippen LogP contribution in [0.2, 0.25) is 5.02 Å². The first-order chi connectivity index (χ1) is 12.7. The van der Waals surface area contributed by atoms with E-state index in [-0.39, 0.29) is 12.1 Å². The Hall–Kier alpha value is -2.44. The van der Waals surface area contributed by atoms with Crippen molar-refractivity contribution >= 4 is 23.3 Å². The van der Waals surface area contributed by atoms with Gasteiger partial charge in [0.2, 0.25) is 0 Å². The van der Waals surface area contributed by atoms with E-state index >= 15 is 0 Å². The lowest BCUT2D eigenvalue weighted by molar-refractivity contribution is -0.0339. The molecular formula is C19H21ClN2O4. The Morgan fingerprint density at radius 3 is 2.85 bits per heavy atom. The van der Waals surface area contributed by atoms with E-state index in [1.165, 1.54) is 0 Å². The van der Waals surface area contributed by atoms with Gasteiger partial charge in [0.1, 0.15) is 12.7 Å². The number of hydrogen-bond acceptors (Lipinski definition) is 4. The molecule has 0 saturated carbocycles. The van der Waals surface area contributed by atoms with Gasteiger partial charge in [0.25, 0.3) is 0 Å². The van der Waals surface area contributed by atoms with Gasteiger partial charge in [-0.3, -0.25) is 0 Å². The van der Waals surface area contributed by atoms with E-state index < -0.39 is 0 Å². The summed E-state index contributed by atoms with van der Waals surface area (Å²) in [6.07, 6.45) is -0.209. The number of methoxy groups -OCH3 is 1. The summed E-state index contributed by atoms with van der Waals surface area (Å²) in [7, 11) is 1.60. The van der Waals surface area contributed by atoms with E-state index in [1.807, 2.05) is 24.3 Å². The molecule has 138 valence electrons. The van der Waals surface area contributed by atoms with Crippen molar-refractivity contribution in [3.63, 3.8) is 0 Å². The van der Waals surface area contributed by atoms with E-state index in [0.717, 1.165) is 0 Å². The molecule has 0 bridgehead atoms. The van der Waals surface area contributed by atoms with Crippen LogP contribution in [-0.4, -0.2) is 50.4 Å². The molecule has 2 aromatic rings. The molecule has 1 heterocycles. The number of urea groups is 1. The van der Waals surface area contributed by atoms with Gasteiger partial charge in [-0.1, -0.05) is 29.8 Å². The van der Waals surface area contributed by atoms with E-state index in [0.29, 0.717) is 48.5 Å². The summed E-state index contributed by atoms with van der Waals surface area (Å²) in [4.78, 5) is 14.2. The monoisotopic (exact) mass is 376 g/mol. The van der Waals surface area contributed by atoms with Gasteiger partial charge in [-0.2, -0.15) is 0 Å². The minimum atomic E-state index is -0.209. The normalized spacial score (nSPS) is 16.8. The van der Waals surface area contributed by atoms with Gasteiger partial charge in [0.05, 0.1) is 20.3 Å². The molecular weight excluding hydrogens is 356 g/mol. The smallest absolute Gasteiger partial charge is 0.322 e. The van der Waals surface area contributed by atoms with E-state index in [9.17, 15) is 4.79 Å². The minimum Gasteiger partial charge on any atom is -0.493 e. The Kier molecular flexibility index (Phi) is 6.20. The molecule has 1 aliphatic heterocycles. The van der Waals surface area contributed by atoms with Crippen LogP contribution in [0.25, 0.3) is 0 Å². The van der Waals surface area contributed by atoms with Crippen LogP contribution < -0.4 is 14.8 Å². The fourth-order valence-electron chi connectivity index (χ4n) is 2.69. The van der Waals surface area contributed by atoms with Crippen LogP contribution in [0.3, 0.4) is 0 Å². The van der Waals surface area contributed by atoms with E-state index in [1.54, 1.807) is 36.3 Å². The first kappa shape index (κ1) is 18.4. The Balaban J connectivity index is 1.54. The Morgan fingerprint density at radius 2 is 2.08 bits per heavy atom. The van der Waals surface area contributed by atoms with Gasteiger partial charge >= 0.3 is 6.03 Å². The third-order valence-corrected chi connectivity index (χ3v) is 4.23. The third-order valence-electron chi connectivity index (χ3n) is 4.00. The zero-order valence-corrected chi connectivity index (χ0v) is 15.2. The largest absolute Gasteiger partial charge is 0.493 e. The van der Waals surface area contributed by atoms with Crippen molar-refractivity contribution in [1.29, 1.82) is 0 Å². The Labute approximate surface area is 157 Å². The van der Waals surface area contributed by atoms with Crippen LogP contribution in [0.1, 0.15) is 0 Å². The lowest BCUT2D eigenvalue weighted by Gasteiger charge is -2.32. The topological polar surface area (TPSA) is 60.0 Å². The number of hydrogen-bond donors (Lipinski definition) is 1. The molecule has 2 aromatic carbocycles. The average molecular weight is 377 g/mol. The molecule has 6 nitrogen and oxygen atoms in total. The van der Waals surface area contributed by atoms with Crippen molar-refractivity contribution in [2.45, 2.75) is 6.10 Å². The summed E-state index contributed by atoms with van der Waals surface area (Å²) >= 11 is 5.95. The molecule has 3 rings (SSSR count). The average Bonchev–Trinajstić information content (AvgIpc) is 2.67. The van der Waals surface area contributed by atoms with Gasteiger partial charge in [-0.05, 0) is 30.3 Å². The molecule has 0 spiro atoms. The maximum atomic E-state index is 12.5. The summed E-state index contributed by atoms with van der Waals surface area (Å²) in [5.41, 5.74) is 0.663. The molecule has 1 saturated heterocycles. The Morgan fingerprint density at radius 1 is 1.27 bits per heavy atom. The molecule has 1 fully saturated rings. The maximum absolute atomic E-state index is 12.5. The molecule has 7 heteroatoms. The number of amides is 2. The summed E-state index contributed by atoms with van der Waals surface area (Å²) < 4.78 is 16.8. The number of nitrogens with zero attached hydrogens (tertiary/aromatic N) is 1. The van der Waals surface area contributed by atoms with Crippen molar-refractivity contribution in [2.24, 2.45) is 0 Å². The number of anilines is 1. The van der Waals surface area contributed by atoms with Crippen molar-refractivity contribution < 1.29 is 19.0 Å². The van der Waals surface area contributed by atoms with Crippen LogP contribution in [0.5, 0.6) is 11.5 Å². The highest BCUT2D eigenvalue weighted by molar-refractivity contribution is 6.30.